The highest BCUT2D eigenvalue weighted by Crippen LogP contribution is 2.22. The molecular weight excluding hydrogens is 268 g/mol. The van der Waals surface area contributed by atoms with Crippen LogP contribution in [0.25, 0.3) is 11.0 Å². The number of phenols is 1. The molecule has 1 aromatic heterocycles. The molecule has 1 aliphatic rings. The maximum atomic E-state index is 12.3. The zero-order chi connectivity index (χ0) is 14.8. The Morgan fingerprint density at radius 1 is 1.19 bits per heavy atom. The number of carbonyl (C=O) groups is 1. The average Bonchev–Trinajstić information content (AvgIpc) is 2.96. The quantitative estimate of drug-likeness (QED) is 0.533. The van der Waals surface area contributed by atoms with Gasteiger partial charge in [-0.25, -0.2) is 4.79 Å². The lowest BCUT2D eigenvalue weighted by atomic mass is 10.0. The first-order chi connectivity index (χ1) is 10.1. The van der Waals surface area contributed by atoms with Crippen molar-refractivity contribution >= 4 is 16.8 Å². The van der Waals surface area contributed by atoms with Gasteiger partial charge >= 0.3 is 5.63 Å². The number of carbonyl (C=O) groups excluding carboxylic acids is 1. The average molecular weight is 280 g/mol. The van der Waals surface area contributed by atoms with Crippen molar-refractivity contribution in [1.82, 2.24) is 0 Å². The standard InChI is InChI=1S/C17H12O4/c18-12-6-7-13-14(10-17(20)21-16(13)9-12)15(19)8-5-11-3-1-2-4-11/h1-11,18H/b8-5+. The molecule has 0 spiro atoms. The summed E-state index contributed by atoms with van der Waals surface area (Å²) in [6.07, 6.45) is 11.0. The molecule has 4 nitrogen and oxygen atoms in total. The third-order valence-corrected chi connectivity index (χ3v) is 3.24. The number of aromatic hydroxyl groups is 1. The molecule has 4 heteroatoms. The highest BCUT2D eigenvalue weighted by Gasteiger charge is 2.12. The van der Waals surface area contributed by atoms with Crippen LogP contribution in [0.3, 0.4) is 0 Å². The van der Waals surface area contributed by atoms with E-state index in [2.05, 4.69) is 0 Å². The summed E-state index contributed by atoms with van der Waals surface area (Å²) < 4.78 is 5.00. The van der Waals surface area contributed by atoms with Gasteiger partial charge in [-0.15, -0.1) is 0 Å². The second-order valence-corrected chi connectivity index (χ2v) is 4.73. The van der Waals surface area contributed by atoms with E-state index < -0.39 is 5.63 Å². The minimum Gasteiger partial charge on any atom is -0.508 e. The number of rotatable bonds is 3. The predicted molar refractivity (Wildman–Crippen MR) is 79.4 cm³/mol. The number of benzene rings is 1. The van der Waals surface area contributed by atoms with Crippen LogP contribution < -0.4 is 5.63 Å². The van der Waals surface area contributed by atoms with Crippen molar-refractivity contribution in [2.45, 2.75) is 0 Å². The number of hydrogen-bond donors (Lipinski definition) is 1. The first-order valence-electron chi connectivity index (χ1n) is 6.48. The number of hydrogen-bond acceptors (Lipinski definition) is 4. The number of phenolic OH excluding ortho intramolecular Hbond substituents is 1. The largest absolute Gasteiger partial charge is 0.508 e. The van der Waals surface area contributed by atoms with Crippen LogP contribution in [0.15, 0.2) is 69.9 Å². The fourth-order valence-corrected chi connectivity index (χ4v) is 2.22. The predicted octanol–water partition coefficient (Wildman–Crippen LogP) is 2.98. The summed E-state index contributed by atoms with van der Waals surface area (Å²) in [7, 11) is 0. The molecule has 1 N–H and O–H groups in total. The lowest BCUT2D eigenvalue weighted by molar-refractivity contribution is 0.104. The molecule has 0 amide bonds. The molecule has 0 unspecified atom stereocenters. The van der Waals surface area contributed by atoms with Gasteiger partial charge in [-0.2, -0.15) is 0 Å². The van der Waals surface area contributed by atoms with Gasteiger partial charge in [-0.1, -0.05) is 30.4 Å². The lowest BCUT2D eigenvalue weighted by Crippen LogP contribution is -2.05. The molecule has 1 aromatic carbocycles. The molecule has 1 heterocycles. The first kappa shape index (κ1) is 13.1. The third-order valence-electron chi connectivity index (χ3n) is 3.24. The molecule has 2 aromatic rings. The highest BCUT2D eigenvalue weighted by atomic mass is 16.4. The van der Waals surface area contributed by atoms with Gasteiger partial charge < -0.3 is 9.52 Å². The Morgan fingerprint density at radius 2 is 1.95 bits per heavy atom. The molecule has 0 saturated carbocycles. The smallest absolute Gasteiger partial charge is 0.336 e. The third kappa shape index (κ3) is 2.69. The van der Waals surface area contributed by atoms with Gasteiger partial charge in [-0.05, 0) is 18.2 Å². The van der Waals surface area contributed by atoms with Gasteiger partial charge in [0.15, 0.2) is 5.78 Å². The Hall–Kier alpha value is -2.88. The zero-order valence-corrected chi connectivity index (χ0v) is 11.0. The number of ketones is 1. The molecule has 1 aliphatic carbocycles. The van der Waals surface area contributed by atoms with Crippen molar-refractivity contribution in [3.63, 3.8) is 0 Å². The van der Waals surface area contributed by atoms with Crippen molar-refractivity contribution in [3.05, 3.63) is 76.7 Å². The van der Waals surface area contributed by atoms with Crippen molar-refractivity contribution in [1.29, 1.82) is 0 Å². The summed E-state index contributed by atoms with van der Waals surface area (Å²) in [4.78, 5) is 23.8. The highest BCUT2D eigenvalue weighted by molar-refractivity contribution is 6.12. The molecule has 0 bridgehead atoms. The van der Waals surface area contributed by atoms with Gasteiger partial charge in [0.2, 0.25) is 0 Å². The second kappa shape index (κ2) is 5.25. The van der Waals surface area contributed by atoms with Crippen LogP contribution in [0.2, 0.25) is 0 Å². The van der Waals surface area contributed by atoms with Crippen LogP contribution in [0.1, 0.15) is 10.4 Å². The van der Waals surface area contributed by atoms with Gasteiger partial charge in [-0.3, -0.25) is 4.79 Å². The van der Waals surface area contributed by atoms with Crippen LogP contribution in [0, 0.1) is 5.92 Å². The Balaban J connectivity index is 2.03. The molecule has 3 rings (SSSR count). The van der Waals surface area contributed by atoms with E-state index in [0.717, 1.165) is 0 Å². The minimum atomic E-state index is -0.620. The van der Waals surface area contributed by atoms with Gasteiger partial charge in [0.25, 0.3) is 0 Å². The Morgan fingerprint density at radius 3 is 2.71 bits per heavy atom. The molecular formula is C17H12O4. The Bertz CT molecular complexity index is 841. The molecule has 0 fully saturated rings. The normalized spacial score (nSPS) is 14.5. The van der Waals surface area contributed by atoms with E-state index in [9.17, 15) is 14.7 Å². The molecule has 21 heavy (non-hydrogen) atoms. The van der Waals surface area contributed by atoms with E-state index in [0.29, 0.717) is 5.39 Å². The van der Waals surface area contributed by atoms with E-state index in [1.54, 1.807) is 12.1 Å². The summed E-state index contributed by atoms with van der Waals surface area (Å²) in [5, 5.41) is 9.92. The molecule has 0 saturated heterocycles. The van der Waals surface area contributed by atoms with E-state index in [1.807, 2.05) is 24.3 Å². The number of fused-ring (bicyclic) bond motifs is 1. The van der Waals surface area contributed by atoms with Crippen LogP contribution in [-0.2, 0) is 0 Å². The van der Waals surface area contributed by atoms with Crippen molar-refractivity contribution in [3.8, 4) is 5.75 Å². The van der Waals surface area contributed by atoms with E-state index in [4.69, 9.17) is 4.42 Å². The van der Waals surface area contributed by atoms with Gasteiger partial charge in [0.1, 0.15) is 11.3 Å². The van der Waals surface area contributed by atoms with Crippen LogP contribution in [0.5, 0.6) is 5.75 Å². The summed E-state index contributed by atoms with van der Waals surface area (Å²) in [6, 6.07) is 5.50. The topological polar surface area (TPSA) is 67.5 Å². The fourth-order valence-electron chi connectivity index (χ4n) is 2.22. The maximum Gasteiger partial charge on any atom is 0.336 e. The monoisotopic (exact) mass is 280 g/mol. The lowest BCUT2D eigenvalue weighted by Gasteiger charge is -2.03. The summed E-state index contributed by atoms with van der Waals surface area (Å²) in [6.45, 7) is 0. The van der Waals surface area contributed by atoms with E-state index in [-0.39, 0.29) is 28.6 Å². The molecule has 0 aliphatic heterocycles. The summed E-state index contributed by atoms with van der Waals surface area (Å²) in [5.41, 5.74) is -0.158. The van der Waals surface area contributed by atoms with Gasteiger partial charge in [0, 0.05) is 29.0 Å². The van der Waals surface area contributed by atoms with Crippen molar-refractivity contribution in [2.24, 2.45) is 5.92 Å². The molecule has 0 atom stereocenters. The van der Waals surface area contributed by atoms with Crippen molar-refractivity contribution in [2.75, 3.05) is 0 Å². The van der Waals surface area contributed by atoms with E-state index in [1.165, 1.54) is 24.3 Å². The SMILES string of the molecule is O=C(/C=C/C1C=CC=C1)c1cc(=O)oc2cc(O)ccc12. The minimum absolute atomic E-state index is 0.0213. The van der Waals surface area contributed by atoms with Crippen LogP contribution >= 0.6 is 0 Å². The van der Waals surface area contributed by atoms with E-state index >= 15 is 0 Å². The fraction of sp³-hybridized carbons (Fsp3) is 0.0588. The second-order valence-electron chi connectivity index (χ2n) is 4.73. The zero-order valence-electron chi connectivity index (χ0n) is 11.0. The van der Waals surface area contributed by atoms with Crippen LogP contribution in [0.4, 0.5) is 0 Å². The van der Waals surface area contributed by atoms with Crippen LogP contribution in [-0.4, -0.2) is 10.9 Å². The Labute approximate surface area is 120 Å². The van der Waals surface area contributed by atoms with Crippen molar-refractivity contribution < 1.29 is 14.3 Å². The van der Waals surface area contributed by atoms with Gasteiger partial charge in [0.05, 0.1) is 0 Å². The maximum absolute atomic E-state index is 12.3. The summed E-state index contributed by atoms with van der Waals surface area (Å²) >= 11 is 0. The Kier molecular flexibility index (Phi) is 3.28. The number of allylic oxidation sites excluding steroid dienone is 6. The molecule has 0 radical (unpaired) electrons. The summed E-state index contributed by atoms with van der Waals surface area (Å²) in [5.74, 6) is -0.191. The molecule has 104 valence electrons. The first-order valence-corrected chi connectivity index (χ1v) is 6.48.